The number of nitrogens with zero attached hydrogens (tertiary/aromatic N) is 3. The second kappa shape index (κ2) is 6.73. The van der Waals surface area contributed by atoms with Crippen LogP contribution in [-0.4, -0.2) is 21.7 Å². The predicted octanol–water partition coefficient (Wildman–Crippen LogP) is 3.50. The monoisotopic (exact) mass is 373 g/mol. The summed E-state index contributed by atoms with van der Waals surface area (Å²) in [7, 11) is 0. The van der Waals surface area contributed by atoms with Gasteiger partial charge in [0.25, 0.3) is 11.4 Å². The Hall–Kier alpha value is -3.59. The molecule has 26 heavy (non-hydrogen) atoms. The van der Waals surface area contributed by atoms with E-state index < -0.39 is 27.2 Å². The number of halogens is 1. The summed E-state index contributed by atoms with van der Waals surface area (Å²) < 4.78 is 5.06. The third-order valence-electron chi connectivity index (χ3n) is 3.43. The van der Waals surface area contributed by atoms with E-state index in [1.807, 2.05) is 0 Å². The molecule has 1 heterocycles. The van der Waals surface area contributed by atoms with Gasteiger partial charge in [0.05, 0.1) is 21.5 Å². The highest BCUT2D eigenvalue weighted by Crippen LogP contribution is 2.28. The molecule has 0 amide bonds. The zero-order valence-corrected chi connectivity index (χ0v) is 13.5. The van der Waals surface area contributed by atoms with Crippen LogP contribution >= 0.6 is 11.6 Å². The van der Waals surface area contributed by atoms with Crippen molar-refractivity contribution in [3.63, 3.8) is 0 Å². The Morgan fingerprint density at radius 3 is 2.35 bits per heavy atom. The van der Waals surface area contributed by atoms with Crippen LogP contribution in [0.25, 0.3) is 6.08 Å². The number of benzene rings is 2. The molecular weight excluding hydrogens is 366 g/mol. The number of ether oxygens (including phenoxy) is 1. The number of hydrogen-bond donors (Lipinski definition) is 0. The van der Waals surface area contributed by atoms with Crippen molar-refractivity contribution in [2.75, 3.05) is 0 Å². The van der Waals surface area contributed by atoms with Gasteiger partial charge in [0.2, 0.25) is 5.90 Å². The molecule has 0 unspecified atom stereocenters. The molecule has 0 atom stereocenters. The maximum atomic E-state index is 12.0. The lowest BCUT2D eigenvalue weighted by Crippen LogP contribution is -2.05. The van der Waals surface area contributed by atoms with Crippen LogP contribution < -0.4 is 0 Å². The molecule has 1 aliphatic heterocycles. The van der Waals surface area contributed by atoms with Gasteiger partial charge in [-0.2, -0.15) is 0 Å². The summed E-state index contributed by atoms with van der Waals surface area (Å²) in [5.74, 6) is -0.759. The van der Waals surface area contributed by atoms with E-state index >= 15 is 0 Å². The topological polar surface area (TPSA) is 125 Å². The molecule has 0 spiro atoms. The van der Waals surface area contributed by atoms with Crippen LogP contribution in [0, 0.1) is 20.2 Å². The van der Waals surface area contributed by atoms with Crippen molar-refractivity contribution in [1.29, 1.82) is 0 Å². The molecule has 0 fully saturated rings. The molecule has 2 aromatic rings. The van der Waals surface area contributed by atoms with Crippen molar-refractivity contribution in [2.24, 2.45) is 4.99 Å². The number of hydrogen-bond acceptors (Lipinski definition) is 7. The van der Waals surface area contributed by atoms with Crippen LogP contribution in [0.15, 0.2) is 53.2 Å². The fourth-order valence-corrected chi connectivity index (χ4v) is 2.32. The van der Waals surface area contributed by atoms with Crippen LogP contribution in [0.5, 0.6) is 0 Å². The Morgan fingerprint density at radius 2 is 1.73 bits per heavy atom. The number of nitro benzene ring substituents is 2. The van der Waals surface area contributed by atoms with E-state index in [9.17, 15) is 25.0 Å². The highest BCUT2D eigenvalue weighted by molar-refractivity contribution is 6.30. The first-order valence-electron chi connectivity index (χ1n) is 7.06. The quantitative estimate of drug-likeness (QED) is 0.349. The molecule has 1 aliphatic rings. The summed E-state index contributed by atoms with van der Waals surface area (Å²) in [4.78, 5) is 36.4. The number of carbonyl (C=O) groups is 1. The molecule has 0 aliphatic carbocycles. The Morgan fingerprint density at radius 1 is 1.04 bits per heavy atom. The average molecular weight is 374 g/mol. The summed E-state index contributed by atoms with van der Waals surface area (Å²) in [6.07, 6.45) is 1.15. The molecule has 10 heteroatoms. The van der Waals surface area contributed by atoms with Crippen LogP contribution in [0.1, 0.15) is 11.1 Å². The highest BCUT2D eigenvalue weighted by atomic mass is 35.5. The molecule has 9 nitrogen and oxygen atoms in total. The van der Waals surface area contributed by atoms with Crippen LogP contribution in [0.4, 0.5) is 11.4 Å². The van der Waals surface area contributed by atoms with Crippen LogP contribution in [-0.2, 0) is 9.53 Å². The van der Waals surface area contributed by atoms with E-state index in [0.717, 1.165) is 18.2 Å². The minimum Gasteiger partial charge on any atom is -0.402 e. The number of rotatable bonds is 4. The van der Waals surface area contributed by atoms with E-state index in [1.165, 1.54) is 6.07 Å². The first-order valence-corrected chi connectivity index (χ1v) is 7.44. The smallest absolute Gasteiger partial charge is 0.363 e. The number of nitro groups is 2. The molecule has 0 bridgehead atoms. The van der Waals surface area contributed by atoms with E-state index in [0.29, 0.717) is 10.6 Å². The Labute approximate surface area is 150 Å². The van der Waals surface area contributed by atoms with Crippen LogP contribution in [0.2, 0.25) is 5.02 Å². The molecule has 130 valence electrons. The summed E-state index contributed by atoms with van der Waals surface area (Å²) in [5, 5.41) is 22.4. The van der Waals surface area contributed by atoms with Gasteiger partial charge in [0.15, 0.2) is 5.70 Å². The standard InChI is InChI=1S/C16H8ClN3O6/c17-11-4-1-9(2-5-11)15-18-13(16(21)26-15)7-10-3-6-12(19(22)23)8-14(10)20(24)25/h1-8H/b13-7+. The Bertz CT molecular complexity index is 998. The lowest BCUT2D eigenvalue weighted by atomic mass is 10.1. The Kier molecular flexibility index (Phi) is 4.46. The van der Waals surface area contributed by atoms with Crippen molar-refractivity contribution in [1.82, 2.24) is 0 Å². The molecular formula is C16H8ClN3O6. The number of non-ortho nitro benzene ring substituents is 1. The summed E-state index contributed by atoms with van der Waals surface area (Å²) in [6, 6.07) is 9.48. The molecule has 0 aromatic heterocycles. The second-order valence-corrected chi connectivity index (χ2v) is 5.54. The minimum absolute atomic E-state index is 0.00587. The van der Waals surface area contributed by atoms with Gasteiger partial charge in [0.1, 0.15) is 0 Å². The van der Waals surface area contributed by atoms with E-state index in [-0.39, 0.29) is 17.2 Å². The first-order chi connectivity index (χ1) is 12.3. The van der Waals surface area contributed by atoms with Gasteiger partial charge in [-0.1, -0.05) is 11.6 Å². The SMILES string of the molecule is O=C1OC(c2ccc(Cl)cc2)=N/C1=C/c1ccc([N+](=O)[O-])cc1[N+](=O)[O-]. The average Bonchev–Trinajstić information content (AvgIpc) is 2.96. The van der Waals surface area contributed by atoms with E-state index in [1.54, 1.807) is 24.3 Å². The van der Waals surface area contributed by atoms with Gasteiger partial charge in [-0.15, -0.1) is 0 Å². The first kappa shape index (κ1) is 17.2. The Balaban J connectivity index is 2.01. The molecule has 3 rings (SSSR count). The lowest BCUT2D eigenvalue weighted by Gasteiger charge is -1.98. The van der Waals surface area contributed by atoms with Crippen LogP contribution in [0.3, 0.4) is 0 Å². The minimum atomic E-state index is -0.789. The lowest BCUT2D eigenvalue weighted by molar-refractivity contribution is -0.394. The third kappa shape index (κ3) is 3.42. The summed E-state index contributed by atoms with van der Waals surface area (Å²) in [6.45, 7) is 0. The van der Waals surface area contributed by atoms with Gasteiger partial charge >= 0.3 is 5.97 Å². The molecule has 0 radical (unpaired) electrons. The molecule has 0 N–H and O–H groups in total. The van der Waals surface area contributed by atoms with Gasteiger partial charge < -0.3 is 4.74 Å². The van der Waals surface area contributed by atoms with Crippen molar-refractivity contribution >= 4 is 40.9 Å². The van der Waals surface area contributed by atoms with Gasteiger partial charge in [-0.25, -0.2) is 9.79 Å². The second-order valence-electron chi connectivity index (χ2n) is 5.10. The number of carbonyl (C=O) groups excluding carboxylic acids is 1. The largest absolute Gasteiger partial charge is 0.402 e. The van der Waals surface area contributed by atoms with Gasteiger partial charge in [-0.05, 0) is 36.4 Å². The zero-order chi connectivity index (χ0) is 18.8. The summed E-state index contributed by atoms with van der Waals surface area (Å²) in [5.41, 5.74) is -0.613. The highest BCUT2D eigenvalue weighted by Gasteiger charge is 2.26. The summed E-state index contributed by atoms with van der Waals surface area (Å²) >= 11 is 5.79. The third-order valence-corrected chi connectivity index (χ3v) is 3.68. The van der Waals surface area contributed by atoms with Crippen molar-refractivity contribution in [3.8, 4) is 0 Å². The van der Waals surface area contributed by atoms with Crippen molar-refractivity contribution < 1.29 is 19.4 Å². The van der Waals surface area contributed by atoms with Gasteiger partial charge in [-0.3, -0.25) is 20.2 Å². The fourth-order valence-electron chi connectivity index (χ4n) is 2.20. The number of esters is 1. The van der Waals surface area contributed by atoms with E-state index in [4.69, 9.17) is 16.3 Å². The van der Waals surface area contributed by atoms with Crippen molar-refractivity contribution in [2.45, 2.75) is 0 Å². The van der Waals surface area contributed by atoms with Crippen molar-refractivity contribution in [3.05, 3.63) is 84.5 Å². The van der Waals surface area contributed by atoms with Gasteiger partial charge in [0, 0.05) is 16.7 Å². The zero-order valence-electron chi connectivity index (χ0n) is 12.8. The number of cyclic esters (lactones) is 1. The molecule has 2 aromatic carbocycles. The molecule has 0 saturated heterocycles. The molecule has 0 saturated carbocycles. The maximum Gasteiger partial charge on any atom is 0.363 e. The maximum absolute atomic E-state index is 12.0. The fraction of sp³-hybridized carbons (Fsp3) is 0. The number of aliphatic imine (C=N–C) groups is 1. The normalized spacial score (nSPS) is 14.9. The van der Waals surface area contributed by atoms with E-state index in [2.05, 4.69) is 4.99 Å². The predicted molar refractivity (Wildman–Crippen MR) is 91.8 cm³/mol.